The van der Waals surface area contributed by atoms with Gasteiger partial charge in [0.25, 0.3) is 0 Å². The van der Waals surface area contributed by atoms with Gasteiger partial charge in [-0.2, -0.15) is 0 Å². The van der Waals surface area contributed by atoms with Gasteiger partial charge in [-0.25, -0.2) is 0 Å². The molecule has 2 N–H and O–H groups in total. The van der Waals surface area contributed by atoms with Crippen molar-refractivity contribution in [3.05, 3.63) is 0 Å². The highest BCUT2D eigenvalue weighted by Crippen LogP contribution is 2.29. The first-order chi connectivity index (χ1) is 6.90. The Morgan fingerprint density at radius 1 is 1.14 bits per heavy atom. The summed E-state index contributed by atoms with van der Waals surface area (Å²) < 4.78 is 5.16. The molecule has 0 aromatic carbocycles. The van der Waals surface area contributed by atoms with Crippen molar-refractivity contribution in [2.45, 2.75) is 50.6 Å². The van der Waals surface area contributed by atoms with E-state index in [4.69, 9.17) is 4.74 Å². The summed E-state index contributed by atoms with van der Waals surface area (Å²) in [5.41, 5.74) is 6.76. The zero-order valence-electron chi connectivity index (χ0n) is 9.09. The lowest BCUT2D eigenvalue weighted by molar-refractivity contribution is 0.170. The van der Waals surface area contributed by atoms with E-state index in [1.54, 1.807) is 7.11 Å². The summed E-state index contributed by atoms with van der Waals surface area (Å²) in [6, 6.07) is 1.21. The van der Waals surface area contributed by atoms with Crippen LogP contribution in [-0.4, -0.2) is 25.8 Å². The number of hydrazine groups is 1. The third-order valence-corrected chi connectivity index (χ3v) is 3.60. The van der Waals surface area contributed by atoms with Gasteiger partial charge in [-0.15, -0.1) is 0 Å². The lowest BCUT2D eigenvalue weighted by atomic mass is 9.83. The normalized spacial score (nSPS) is 34.9. The van der Waals surface area contributed by atoms with Crippen LogP contribution in [0.4, 0.5) is 0 Å². The average molecular weight is 198 g/mol. The largest absolute Gasteiger partial charge is 0.383 e. The van der Waals surface area contributed by atoms with Crippen LogP contribution in [0, 0.1) is 5.92 Å². The second-order valence-electron chi connectivity index (χ2n) is 4.68. The SMILES string of the molecule is COCC1CC(C2CCCCC2)NN1. The molecular weight excluding hydrogens is 176 g/mol. The van der Waals surface area contributed by atoms with Gasteiger partial charge in [0.15, 0.2) is 0 Å². The molecule has 1 aliphatic carbocycles. The van der Waals surface area contributed by atoms with E-state index in [-0.39, 0.29) is 0 Å². The molecule has 2 atom stereocenters. The van der Waals surface area contributed by atoms with E-state index in [1.165, 1.54) is 38.5 Å². The second kappa shape index (κ2) is 5.10. The molecule has 0 aromatic rings. The van der Waals surface area contributed by atoms with Gasteiger partial charge in [-0.3, -0.25) is 10.9 Å². The van der Waals surface area contributed by atoms with E-state index in [1.807, 2.05) is 0 Å². The van der Waals surface area contributed by atoms with Crippen LogP contribution < -0.4 is 10.9 Å². The summed E-state index contributed by atoms with van der Waals surface area (Å²) in [6.07, 6.45) is 8.37. The highest BCUT2D eigenvalue weighted by atomic mass is 16.5. The van der Waals surface area contributed by atoms with E-state index in [0.717, 1.165) is 12.5 Å². The van der Waals surface area contributed by atoms with E-state index in [0.29, 0.717) is 12.1 Å². The number of nitrogens with one attached hydrogen (secondary N) is 2. The highest BCUT2D eigenvalue weighted by Gasteiger charge is 2.30. The number of hydrogen-bond donors (Lipinski definition) is 2. The number of rotatable bonds is 3. The first-order valence-corrected chi connectivity index (χ1v) is 5.90. The monoisotopic (exact) mass is 198 g/mol. The Morgan fingerprint density at radius 3 is 2.64 bits per heavy atom. The maximum atomic E-state index is 5.16. The van der Waals surface area contributed by atoms with Crippen LogP contribution in [0.25, 0.3) is 0 Å². The Morgan fingerprint density at radius 2 is 1.93 bits per heavy atom. The minimum Gasteiger partial charge on any atom is -0.383 e. The molecule has 14 heavy (non-hydrogen) atoms. The predicted molar refractivity (Wildman–Crippen MR) is 56.9 cm³/mol. The van der Waals surface area contributed by atoms with Crippen LogP contribution in [0.5, 0.6) is 0 Å². The van der Waals surface area contributed by atoms with Crippen LogP contribution in [0.1, 0.15) is 38.5 Å². The molecule has 0 radical (unpaired) electrons. The van der Waals surface area contributed by atoms with Crippen molar-refractivity contribution in [3.63, 3.8) is 0 Å². The third kappa shape index (κ3) is 2.47. The molecule has 2 rings (SSSR count). The van der Waals surface area contributed by atoms with Gasteiger partial charge in [0, 0.05) is 19.2 Å². The van der Waals surface area contributed by atoms with Crippen LogP contribution in [-0.2, 0) is 4.74 Å². The van der Waals surface area contributed by atoms with Gasteiger partial charge in [0.1, 0.15) is 0 Å². The van der Waals surface area contributed by atoms with E-state index in [2.05, 4.69) is 10.9 Å². The van der Waals surface area contributed by atoms with Gasteiger partial charge in [-0.05, 0) is 25.2 Å². The standard InChI is InChI=1S/C11H22N2O/c1-14-8-10-7-11(13-12-10)9-5-3-2-4-6-9/h9-13H,2-8H2,1H3. The fraction of sp³-hybridized carbons (Fsp3) is 1.00. The smallest absolute Gasteiger partial charge is 0.0630 e. The lowest BCUT2D eigenvalue weighted by Gasteiger charge is -2.26. The van der Waals surface area contributed by atoms with Gasteiger partial charge in [-0.1, -0.05) is 19.3 Å². The quantitative estimate of drug-likeness (QED) is 0.720. The summed E-state index contributed by atoms with van der Waals surface area (Å²) in [4.78, 5) is 0. The molecule has 82 valence electrons. The van der Waals surface area contributed by atoms with Gasteiger partial charge < -0.3 is 4.74 Å². The van der Waals surface area contributed by atoms with Crippen molar-refractivity contribution in [3.8, 4) is 0 Å². The minimum absolute atomic E-state index is 0.520. The Bertz CT molecular complexity index is 169. The summed E-state index contributed by atoms with van der Waals surface area (Å²) in [5, 5.41) is 0. The Hall–Kier alpha value is -0.120. The molecule has 1 saturated heterocycles. The summed E-state index contributed by atoms with van der Waals surface area (Å²) in [7, 11) is 1.77. The maximum absolute atomic E-state index is 5.16. The zero-order valence-corrected chi connectivity index (χ0v) is 9.09. The molecule has 0 spiro atoms. The molecule has 1 aliphatic heterocycles. The molecule has 3 nitrogen and oxygen atoms in total. The molecule has 1 heterocycles. The number of methoxy groups -OCH3 is 1. The number of ether oxygens (including phenoxy) is 1. The second-order valence-corrected chi connectivity index (χ2v) is 4.68. The Labute approximate surface area is 86.6 Å². The third-order valence-electron chi connectivity index (χ3n) is 3.60. The lowest BCUT2D eigenvalue weighted by Crippen LogP contribution is -2.38. The van der Waals surface area contributed by atoms with E-state index < -0.39 is 0 Å². The van der Waals surface area contributed by atoms with E-state index >= 15 is 0 Å². The van der Waals surface area contributed by atoms with Crippen LogP contribution >= 0.6 is 0 Å². The molecule has 0 bridgehead atoms. The fourth-order valence-electron chi connectivity index (χ4n) is 2.81. The summed E-state index contributed by atoms with van der Waals surface area (Å²) >= 11 is 0. The van der Waals surface area contributed by atoms with E-state index in [9.17, 15) is 0 Å². The molecule has 3 heteroatoms. The minimum atomic E-state index is 0.520. The fourth-order valence-corrected chi connectivity index (χ4v) is 2.81. The van der Waals surface area contributed by atoms with Crippen molar-refractivity contribution in [2.24, 2.45) is 5.92 Å². The number of hydrogen-bond acceptors (Lipinski definition) is 3. The molecule has 2 fully saturated rings. The maximum Gasteiger partial charge on any atom is 0.0630 e. The van der Waals surface area contributed by atoms with Gasteiger partial charge >= 0.3 is 0 Å². The van der Waals surface area contributed by atoms with Crippen molar-refractivity contribution in [2.75, 3.05) is 13.7 Å². The highest BCUT2D eigenvalue weighted by molar-refractivity contribution is 4.87. The molecule has 2 aliphatic rings. The van der Waals surface area contributed by atoms with Gasteiger partial charge in [0.05, 0.1) is 6.61 Å². The Kier molecular flexibility index (Phi) is 3.79. The van der Waals surface area contributed by atoms with Crippen molar-refractivity contribution in [1.82, 2.24) is 10.9 Å². The van der Waals surface area contributed by atoms with Crippen molar-refractivity contribution in [1.29, 1.82) is 0 Å². The van der Waals surface area contributed by atoms with Crippen LogP contribution in [0.2, 0.25) is 0 Å². The van der Waals surface area contributed by atoms with Gasteiger partial charge in [0.2, 0.25) is 0 Å². The molecule has 0 amide bonds. The first kappa shape index (κ1) is 10.4. The Balaban J connectivity index is 1.76. The van der Waals surface area contributed by atoms with Crippen LogP contribution in [0.3, 0.4) is 0 Å². The first-order valence-electron chi connectivity index (χ1n) is 5.90. The molecule has 0 aromatic heterocycles. The zero-order chi connectivity index (χ0) is 9.80. The molecular formula is C11H22N2O. The van der Waals surface area contributed by atoms with Crippen molar-refractivity contribution >= 4 is 0 Å². The van der Waals surface area contributed by atoms with Crippen LogP contribution in [0.15, 0.2) is 0 Å². The predicted octanol–water partition coefficient (Wildman–Crippen LogP) is 1.45. The molecule has 1 saturated carbocycles. The topological polar surface area (TPSA) is 33.3 Å². The average Bonchev–Trinajstić information content (AvgIpc) is 2.68. The molecule has 2 unspecified atom stereocenters. The van der Waals surface area contributed by atoms with Crippen molar-refractivity contribution < 1.29 is 4.74 Å². The summed E-state index contributed by atoms with van der Waals surface area (Å²) in [6.45, 7) is 0.830. The summed E-state index contributed by atoms with van der Waals surface area (Å²) in [5.74, 6) is 0.901.